The van der Waals surface area contributed by atoms with Crippen LogP contribution in [0.1, 0.15) is 25.3 Å². The van der Waals surface area contributed by atoms with Gasteiger partial charge in [0.2, 0.25) is 0 Å². The topological polar surface area (TPSA) is 58.4 Å². The van der Waals surface area contributed by atoms with E-state index in [-0.39, 0.29) is 6.03 Å². The molecule has 1 heterocycles. The molecule has 0 aromatic heterocycles. The number of hydrogen-bond donors (Lipinski definition) is 2. The van der Waals surface area contributed by atoms with Crippen molar-refractivity contribution in [2.75, 3.05) is 18.8 Å². The number of urea groups is 1. The van der Waals surface area contributed by atoms with Crippen molar-refractivity contribution in [3.05, 3.63) is 29.8 Å². The summed E-state index contributed by atoms with van der Waals surface area (Å²) in [6, 6.07) is 7.63. The Labute approximate surface area is 108 Å². The van der Waals surface area contributed by atoms with Gasteiger partial charge in [0.05, 0.1) is 0 Å². The number of benzene rings is 1. The van der Waals surface area contributed by atoms with Crippen LogP contribution in [0, 0.1) is 5.92 Å². The molecule has 0 atom stereocenters. The number of rotatable bonds is 2. The Kier molecular flexibility index (Phi) is 4.07. The number of piperidine rings is 1. The number of likely N-dealkylation sites (tertiary alicyclic amines) is 1. The predicted octanol–water partition coefficient (Wildman–Crippen LogP) is 2.21. The number of nitrogens with two attached hydrogens (primary N) is 1. The summed E-state index contributed by atoms with van der Waals surface area (Å²) in [5.74, 6) is 0.739. The zero-order chi connectivity index (χ0) is 13.0. The largest absolute Gasteiger partial charge is 0.399 e. The van der Waals surface area contributed by atoms with Gasteiger partial charge >= 0.3 is 6.03 Å². The molecule has 4 nitrogen and oxygen atoms in total. The van der Waals surface area contributed by atoms with E-state index in [1.807, 2.05) is 29.2 Å². The minimum absolute atomic E-state index is 0.0318. The molecule has 1 aromatic carbocycles. The summed E-state index contributed by atoms with van der Waals surface area (Å²) in [5, 5.41) is 2.94. The fraction of sp³-hybridized carbons (Fsp3) is 0.500. The van der Waals surface area contributed by atoms with Crippen LogP contribution in [-0.4, -0.2) is 24.0 Å². The molecule has 4 heteroatoms. The van der Waals surface area contributed by atoms with Gasteiger partial charge < -0.3 is 16.0 Å². The van der Waals surface area contributed by atoms with E-state index in [0.29, 0.717) is 6.54 Å². The van der Waals surface area contributed by atoms with Crippen LogP contribution >= 0.6 is 0 Å². The highest BCUT2D eigenvalue weighted by molar-refractivity contribution is 5.74. The zero-order valence-corrected chi connectivity index (χ0v) is 10.9. The first-order valence-electron chi connectivity index (χ1n) is 6.52. The molecule has 2 amide bonds. The first-order chi connectivity index (χ1) is 8.65. The molecule has 0 aliphatic carbocycles. The molecule has 18 heavy (non-hydrogen) atoms. The van der Waals surface area contributed by atoms with E-state index >= 15 is 0 Å². The minimum Gasteiger partial charge on any atom is -0.399 e. The summed E-state index contributed by atoms with van der Waals surface area (Å²) in [5.41, 5.74) is 7.47. The normalized spacial score (nSPS) is 16.6. The first-order valence-corrected chi connectivity index (χ1v) is 6.52. The van der Waals surface area contributed by atoms with Crippen LogP contribution in [0.15, 0.2) is 24.3 Å². The number of carbonyl (C=O) groups excluding carboxylic acids is 1. The third-order valence-electron chi connectivity index (χ3n) is 3.47. The van der Waals surface area contributed by atoms with E-state index in [2.05, 4.69) is 12.2 Å². The lowest BCUT2D eigenvalue weighted by molar-refractivity contribution is 0.173. The lowest BCUT2D eigenvalue weighted by Crippen LogP contribution is -2.43. The molecular weight excluding hydrogens is 226 g/mol. The van der Waals surface area contributed by atoms with Crippen molar-refractivity contribution in [3.63, 3.8) is 0 Å². The van der Waals surface area contributed by atoms with Gasteiger partial charge in [0.1, 0.15) is 0 Å². The molecule has 0 bridgehead atoms. The molecule has 1 aliphatic rings. The van der Waals surface area contributed by atoms with Crippen molar-refractivity contribution in [1.82, 2.24) is 10.2 Å². The summed E-state index contributed by atoms with van der Waals surface area (Å²) in [6.07, 6.45) is 2.21. The second-order valence-corrected chi connectivity index (χ2v) is 5.07. The van der Waals surface area contributed by atoms with E-state index in [1.54, 1.807) is 0 Å². The van der Waals surface area contributed by atoms with Crippen LogP contribution in [0.4, 0.5) is 10.5 Å². The summed E-state index contributed by atoms with van der Waals surface area (Å²) < 4.78 is 0. The Morgan fingerprint density at radius 3 is 2.83 bits per heavy atom. The molecule has 2 rings (SSSR count). The van der Waals surface area contributed by atoms with Crippen molar-refractivity contribution in [1.29, 1.82) is 0 Å². The monoisotopic (exact) mass is 247 g/mol. The highest BCUT2D eigenvalue weighted by atomic mass is 16.2. The first kappa shape index (κ1) is 12.7. The highest BCUT2D eigenvalue weighted by Gasteiger charge is 2.19. The average molecular weight is 247 g/mol. The number of nitrogens with zero attached hydrogens (tertiary/aromatic N) is 1. The Morgan fingerprint density at radius 2 is 2.17 bits per heavy atom. The second-order valence-electron chi connectivity index (χ2n) is 5.07. The molecule has 1 fully saturated rings. The molecule has 0 radical (unpaired) electrons. The Morgan fingerprint density at radius 1 is 1.44 bits per heavy atom. The van der Waals surface area contributed by atoms with Gasteiger partial charge in [-0.25, -0.2) is 4.79 Å². The summed E-state index contributed by atoms with van der Waals surface area (Å²) >= 11 is 0. The zero-order valence-electron chi connectivity index (χ0n) is 10.9. The summed E-state index contributed by atoms with van der Waals surface area (Å²) in [4.78, 5) is 13.8. The van der Waals surface area contributed by atoms with Gasteiger partial charge in [0.15, 0.2) is 0 Å². The van der Waals surface area contributed by atoms with Crippen LogP contribution in [-0.2, 0) is 6.54 Å². The Bertz CT molecular complexity index is 411. The average Bonchev–Trinajstić information content (AvgIpc) is 2.37. The fourth-order valence-corrected chi connectivity index (χ4v) is 2.20. The number of amides is 2. The van der Waals surface area contributed by atoms with Crippen LogP contribution in [0.2, 0.25) is 0 Å². The van der Waals surface area contributed by atoms with E-state index in [1.165, 1.54) is 0 Å². The molecule has 1 aromatic rings. The van der Waals surface area contributed by atoms with E-state index in [9.17, 15) is 4.79 Å². The summed E-state index contributed by atoms with van der Waals surface area (Å²) in [6.45, 7) is 4.51. The standard InChI is InChI=1S/C14H21N3O/c1-11-5-7-17(8-6-11)14(18)16-10-12-3-2-4-13(15)9-12/h2-4,9,11H,5-8,10,15H2,1H3,(H,16,18). The number of carbonyl (C=O) groups is 1. The lowest BCUT2D eigenvalue weighted by atomic mass is 10.00. The molecule has 0 saturated carbocycles. The molecule has 98 valence electrons. The van der Waals surface area contributed by atoms with Crippen molar-refractivity contribution in [2.45, 2.75) is 26.3 Å². The smallest absolute Gasteiger partial charge is 0.317 e. The third-order valence-corrected chi connectivity index (χ3v) is 3.47. The lowest BCUT2D eigenvalue weighted by Gasteiger charge is -2.30. The van der Waals surface area contributed by atoms with E-state index < -0.39 is 0 Å². The fourth-order valence-electron chi connectivity index (χ4n) is 2.20. The maximum absolute atomic E-state index is 11.9. The van der Waals surface area contributed by atoms with Crippen LogP contribution in [0.3, 0.4) is 0 Å². The molecular formula is C14H21N3O. The molecule has 0 unspecified atom stereocenters. The van der Waals surface area contributed by atoms with Gasteiger partial charge in [-0.1, -0.05) is 19.1 Å². The number of anilines is 1. The maximum atomic E-state index is 11.9. The molecule has 3 N–H and O–H groups in total. The number of nitrogens with one attached hydrogen (secondary N) is 1. The van der Waals surface area contributed by atoms with Gasteiger partial charge in [-0.2, -0.15) is 0 Å². The number of nitrogen functional groups attached to an aromatic ring is 1. The van der Waals surface area contributed by atoms with Crippen molar-refractivity contribution in [2.24, 2.45) is 5.92 Å². The SMILES string of the molecule is CC1CCN(C(=O)NCc2cccc(N)c2)CC1. The van der Waals surface area contributed by atoms with Crippen LogP contribution in [0.5, 0.6) is 0 Å². The van der Waals surface area contributed by atoms with Crippen LogP contribution < -0.4 is 11.1 Å². The summed E-state index contributed by atoms with van der Waals surface area (Å²) in [7, 11) is 0. The predicted molar refractivity (Wildman–Crippen MR) is 73.1 cm³/mol. The Hall–Kier alpha value is -1.71. The maximum Gasteiger partial charge on any atom is 0.317 e. The van der Waals surface area contributed by atoms with Gasteiger partial charge in [-0.3, -0.25) is 0 Å². The van der Waals surface area contributed by atoms with Crippen molar-refractivity contribution in [3.8, 4) is 0 Å². The molecule has 1 saturated heterocycles. The van der Waals surface area contributed by atoms with Gasteiger partial charge in [-0.05, 0) is 36.5 Å². The van der Waals surface area contributed by atoms with Crippen molar-refractivity contribution >= 4 is 11.7 Å². The van der Waals surface area contributed by atoms with E-state index in [0.717, 1.165) is 43.1 Å². The Balaban J connectivity index is 1.81. The number of hydrogen-bond acceptors (Lipinski definition) is 2. The highest BCUT2D eigenvalue weighted by Crippen LogP contribution is 2.16. The van der Waals surface area contributed by atoms with E-state index in [4.69, 9.17) is 5.73 Å². The molecule has 1 aliphatic heterocycles. The van der Waals surface area contributed by atoms with Crippen molar-refractivity contribution < 1.29 is 4.79 Å². The quantitative estimate of drug-likeness (QED) is 0.787. The van der Waals surface area contributed by atoms with Gasteiger partial charge in [0, 0.05) is 25.3 Å². The second kappa shape index (κ2) is 5.76. The van der Waals surface area contributed by atoms with Crippen LogP contribution in [0.25, 0.3) is 0 Å². The van der Waals surface area contributed by atoms with Gasteiger partial charge in [0.25, 0.3) is 0 Å². The molecule has 0 spiro atoms. The van der Waals surface area contributed by atoms with Gasteiger partial charge in [-0.15, -0.1) is 0 Å². The third kappa shape index (κ3) is 3.39. The minimum atomic E-state index is 0.0318.